The largest absolute Gasteiger partial charge is 0.416 e. The lowest BCUT2D eigenvalue weighted by Gasteiger charge is -2.12. The van der Waals surface area contributed by atoms with Gasteiger partial charge < -0.3 is 11.1 Å². The number of nitrogens with two attached hydrogens (primary N) is 1. The second kappa shape index (κ2) is 5.59. The second-order valence-corrected chi connectivity index (χ2v) is 4.40. The molecule has 0 radical (unpaired) electrons. The number of nitrogens with one attached hydrogen (secondary N) is 1. The molecular weight excluding hydrogens is 291 g/mol. The van der Waals surface area contributed by atoms with E-state index in [4.69, 9.17) is 5.73 Å². The summed E-state index contributed by atoms with van der Waals surface area (Å²) in [6.07, 6.45) is -4.47. The molecule has 3 N–H and O–H groups in total. The quantitative estimate of drug-likeness (QED) is 0.659. The molecule has 0 spiro atoms. The predicted octanol–water partition coefficient (Wildman–Crippen LogP) is 4.18. The van der Waals surface area contributed by atoms with Gasteiger partial charge >= 0.3 is 6.18 Å². The SMILES string of the molecule is Nc1cc(C(F)(F)F)ccc1NCc1ccc(F)c(F)c1. The first-order valence-electron chi connectivity index (χ1n) is 5.92. The first kappa shape index (κ1) is 15.1. The minimum atomic E-state index is -4.47. The molecule has 0 unspecified atom stereocenters. The Balaban J connectivity index is 2.11. The van der Waals surface area contributed by atoms with Crippen molar-refractivity contribution in [3.05, 3.63) is 59.2 Å². The molecule has 2 rings (SSSR count). The van der Waals surface area contributed by atoms with Crippen LogP contribution in [0.15, 0.2) is 36.4 Å². The van der Waals surface area contributed by atoms with Crippen molar-refractivity contribution in [2.45, 2.75) is 12.7 Å². The standard InChI is InChI=1S/C14H11F5N2/c15-10-3-1-8(5-11(10)16)7-21-13-4-2-9(6-12(13)20)14(17,18)19/h1-6,21H,7,20H2. The smallest absolute Gasteiger partial charge is 0.397 e. The van der Waals surface area contributed by atoms with Gasteiger partial charge in [0.1, 0.15) is 0 Å². The van der Waals surface area contributed by atoms with Crippen molar-refractivity contribution in [1.82, 2.24) is 0 Å². The van der Waals surface area contributed by atoms with Crippen LogP contribution in [0.3, 0.4) is 0 Å². The topological polar surface area (TPSA) is 38.0 Å². The molecular formula is C14H11F5N2. The Morgan fingerprint density at radius 1 is 0.952 bits per heavy atom. The molecule has 21 heavy (non-hydrogen) atoms. The highest BCUT2D eigenvalue weighted by Crippen LogP contribution is 2.32. The number of hydrogen-bond acceptors (Lipinski definition) is 2. The van der Waals surface area contributed by atoms with Crippen LogP contribution in [0, 0.1) is 11.6 Å². The van der Waals surface area contributed by atoms with Gasteiger partial charge in [-0.2, -0.15) is 13.2 Å². The van der Waals surface area contributed by atoms with Crippen molar-refractivity contribution in [2.75, 3.05) is 11.1 Å². The van der Waals surface area contributed by atoms with Gasteiger partial charge in [0.15, 0.2) is 11.6 Å². The third-order valence-electron chi connectivity index (χ3n) is 2.85. The fraction of sp³-hybridized carbons (Fsp3) is 0.143. The summed E-state index contributed by atoms with van der Waals surface area (Å²) in [6.45, 7) is 0.104. The van der Waals surface area contributed by atoms with E-state index in [-0.39, 0.29) is 17.9 Å². The molecule has 0 amide bonds. The van der Waals surface area contributed by atoms with Crippen molar-refractivity contribution in [2.24, 2.45) is 0 Å². The Kier molecular flexibility index (Phi) is 4.02. The van der Waals surface area contributed by atoms with Crippen LogP contribution < -0.4 is 11.1 Å². The molecule has 2 aromatic rings. The van der Waals surface area contributed by atoms with Gasteiger partial charge in [0.25, 0.3) is 0 Å². The summed E-state index contributed by atoms with van der Waals surface area (Å²) in [4.78, 5) is 0. The number of anilines is 2. The average molecular weight is 302 g/mol. The lowest BCUT2D eigenvalue weighted by Crippen LogP contribution is -2.08. The van der Waals surface area contributed by atoms with E-state index in [9.17, 15) is 22.0 Å². The highest BCUT2D eigenvalue weighted by molar-refractivity contribution is 5.67. The Morgan fingerprint density at radius 2 is 1.67 bits per heavy atom. The molecule has 0 fully saturated rings. The van der Waals surface area contributed by atoms with E-state index in [1.807, 2.05) is 0 Å². The molecule has 0 aliphatic rings. The molecule has 0 saturated carbocycles. The molecule has 0 atom stereocenters. The molecule has 0 aromatic heterocycles. The summed E-state index contributed by atoms with van der Waals surface area (Å²) in [5, 5.41) is 2.77. The lowest BCUT2D eigenvalue weighted by molar-refractivity contribution is -0.137. The number of rotatable bonds is 3. The van der Waals surface area contributed by atoms with E-state index >= 15 is 0 Å². The van der Waals surface area contributed by atoms with E-state index in [1.165, 1.54) is 12.1 Å². The van der Waals surface area contributed by atoms with Crippen LogP contribution in [0.25, 0.3) is 0 Å². The Bertz CT molecular complexity index is 652. The maximum absolute atomic E-state index is 13.0. The van der Waals surface area contributed by atoms with E-state index in [2.05, 4.69) is 5.32 Å². The third kappa shape index (κ3) is 3.62. The third-order valence-corrected chi connectivity index (χ3v) is 2.85. The molecule has 0 aliphatic carbocycles. The normalized spacial score (nSPS) is 11.5. The molecule has 2 nitrogen and oxygen atoms in total. The first-order chi connectivity index (χ1) is 9.77. The maximum Gasteiger partial charge on any atom is 0.416 e. The lowest BCUT2D eigenvalue weighted by atomic mass is 10.1. The monoisotopic (exact) mass is 302 g/mol. The predicted molar refractivity (Wildman–Crippen MR) is 69.5 cm³/mol. The van der Waals surface area contributed by atoms with Crippen LogP contribution in [0.4, 0.5) is 33.3 Å². The Hall–Kier alpha value is -2.31. The summed E-state index contributed by atoms with van der Waals surface area (Å²) in [7, 11) is 0. The van der Waals surface area contributed by atoms with Crippen molar-refractivity contribution >= 4 is 11.4 Å². The van der Waals surface area contributed by atoms with Crippen LogP contribution >= 0.6 is 0 Å². The summed E-state index contributed by atoms with van der Waals surface area (Å²) in [5.74, 6) is -1.96. The number of hydrogen-bond donors (Lipinski definition) is 2. The Labute approximate surface area is 117 Å². The van der Waals surface area contributed by atoms with Gasteiger partial charge in [0.05, 0.1) is 16.9 Å². The number of halogens is 5. The van der Waals surface area contributed by atoms with Gasteiger partial charge in [-0.05, 0) is 35.9 Å². The minimum Gasteiger partial charge on any atom is -0.397 e. The Morgan fingerprint density at radius 3 is 2.24 bits per heavy atom. The molecule has 112 valence electrons. The van der Waals surface area contributed by atoms with Gasteiger partial charge in [-0.1, -0.05) is 6.07 Å². The molecule has 2 aromatic carbocycles. The van der Waals surface area contributed by atoms with E-state index in [0.717, 1.165) is 24.3 Å². The van der Waals surface area contributed by atoms with E-state index in [0.29, 0.717) is 5.56 Å². The van der Waals surface area contributed by atoms with Crippen LogP contribution in [-0.2, 0) is 12.7 Å². The zero-order chi connectivity index (χ0) is 15.6. The highest BCUT2D eigenvalue weighted by Gasteiger charge is 2.30. The summed E-state index contributed by atoms with van der Waals surface area (Å²) in [6, 6.07) is 6.24. The van der Waals surface area contributed by atoms with Gasteiger partial charge in [-0.3, -0.25) is 0 Å². The van der Waals surface area contributed by atoms with Crippen LogP contribution in [0.2, 0.25) is 0 Å². The van der Waals surface area contributed by atoms with Gasteiger partial charge in [0.2, 0.25) is 0 Å². The van der Waals surface area contributed by atoms with E-state index < -0.39 is 23.4 Å². The minimum absolute atomic E-state index is 0.0765. The molecule has 0 aliphatic heterocycles. The first-order valence-corrected chi connectivity index (χ1v) is 5.92. The van der Waals surface area contributed by atoms with Gasteiger partial charge in [-0.25, -0.2) is 8.78 Å². The summed E-state index contributed by atoms with van der Waals surface area (Å²) in [5.41, 5.74) is 5.34. The van der Waals surface area contributed by atoms with Crippen molar-refractivity contribution in [1.29, 1.82) is 0 Å². The zero-order valence-corrected chi connectivity index (χ0v) is 10.6. The molecule has 0 saturated heterocycles. The van der Waals surface area contributed by atoms with Crippen molar-refractivity contribution in [3.8, 4) is 0 Å². The molecule has 0 bridgehead atoms. The number of nitrogen functional groups attached to an aromatic ring is 1. The number of benzene rings is 2. The van der Waals surface area contributed by atoms with Crippen LogP contribution in [-0.4, -0.2) is 0 Å². The summed E-state index contributed by atoms with van der Waals surface area (Å²) < 4.78 is 63.2. The maximum atomic E-state index is 13.0. The summed E-state index contributed by atoms with van der Waals surface area (Å²) >= 11 is 0. The van der Waals surface area contributed by atoms with Gasteiger partial charge in [-0.15, -0.1) is 0 Å². The second-order valence-electron chi connectivity index (χ2n) is 4.40. The number of alkyl halides is 3. The van der Waals surface area contributed by atoms with Crippen molar-refractivity contribution in [3.63, 3.8) is 0 Å². The fourth-order valence-electron chi connectivity index (χ4n) is 1.75. The highest BCUT2D eigenvalue weighted by atomic mass is 19.4. The van der Waals surface area contributed by atoms with Crippen LogP contribution in [0.5, 0.6) is 0 Å². The van der Waals surface area contributed by atoms with Crippen molar-refractivity contribution < 1.29 is 22.0 Å². The molecule has 7 heteroatoms. The average Bonchev–Trinajstić information content (AvgIpc) is 2.40. The fourth-order valence-corrected chi connectivity index (χ4v) is 1.75. The van der Waals surface area contributed by atoms with Gasteiger partial charge in [0, 0.05) is 6.54 Å². The zero-order valence-electron chi connectivity index (χ0n) is 10.6. The molecule has 0 heterocycles. The van der Waals surface area contributed by atoms with Crippen LogP contribution in [0.1, 0.15) is 11.1 Å². The van der Waals surface area contributed by atoms with E-state index in [1.54, 1.807) is 0 Å².